The molecule has 1 aromatic carbocycles. The van der Waals surface area contributed by atoms with Gasteiger partial charge in [0.1, 0.15) is 11.4 Å². The molecule has 0 bridgehead atoms. The Morgan fingerprint density at radius 2 is 1.73 bits per heavy atom. The lowest BCUT2D eigenvalue weighted by Gasteiger charge is -2.13. The van der Waals surface area contributed by atoms with Crippen molar-refractivity contribution in [2.24, 2.45) is 14.1 Å². The van der Waals surface area contributed by atoms with Crippen molar-refractivity contribution in [3.05, 3.63) is 50.8 Å². The number of aromatic carboxylic acids is 1. The van der Waals surface area contributed by atoms with Crippen LogP contribution >= 0.6 is 0 Å². The van der Waals surface area contributed by atoms with E-state index in [1.807, 2.05) is 0 Å². The van der Waals surface area contributed by atoms with Gasteiger partial charge < -0.3 is 15.2 Å². The van der Waals surface area contributed by atoms with Gasteiger partial charge in [0.15, 0.2) is 5.69 Å². The van der Waals surface area contributed by atoms with Crippen LogP contribution in [-0.4, -0.2) is 27.3 Å². The van der Waals surface area contributed by atoms with Gasteiger partial charge in [-0.2, -0.15) is 0 Å². The molecule has 0 amide bonds. The van der Waals surface area contributed by atoms with Crippen LogP contribution in [-0.2, 0) is 14.1 Å². The Hall–Kier alpha value is -3.03. The number of rotatable bonds is 4. The van der Waals surface area contributed by atoms with Gasteiger partial charge in [0.25, 0.3) is 5.56 Å². The number of nitrogens with zero attached hydrogens (tertiary/aromatic N) is 2. The number of carboxylic acid groups (broad SMARTS) is 1. The first-order valence-corrected chi connectivity index (χ1v) is 6.31. The van der Waals surface area contributed by atoms with Crippen LogP contribution in [0.25, 0.3) is 0 Å². The molecule has 0 saturated carbocycles. The summed E-state index contributed by atoms with van der Waals surface area (Å²) in [4.78, 5) is 35.4. The van der Waals surface area contributed by atoms with E-state index < -0.39 is 22.9 Å². The average Bonchev–Trinajstić information content (AvgIpc) is 2.51. The summed E-state index contributed by atoms with van der Waals surface area (Å²) in [6, 6.07) is 6.59. The zero-order valence-electron chi connectivity index (χ0n) is 12.3. The van der Waals surface area contributed by atoms with Crippen molar-refractivity contribution in [1.29, 1.82) is 0 Å². The van der Waals surface area contributed by atoms with E-state index in [1.165, 1.54) is 21.2 Å². The summed E-state index contributed by atoms with van der Waals surface area (Å²) in [5.74, 6) is -0.745. The number of benzene rings is 1. The van der Waals surface area contributed by atoms with Gasteiger partial charge in [-0.3, -0.25) is 13.9 Å². The Morgan fingerprint density at radius 1 is 1.14 bits per heavy atom. The largest absolute Gasteiger partial charge is 0.497 e. The van der Waals surface area contributed by atoms with Gasteiger partial charge in [-0.15, -0.1) is 0 Å². The number of carbonyl (C=O) groups is 1. The number of ether oxygens (including phenoxy) is 1. The summed E-state index contributed by atoms with van der Waals surface area (Å²) in [7, 11) is 4.10. The van der Waals surface area contributed by atoms with Crippen LogP contribution in [0.15, 0.2) is 33.9 Å². The first kappa shape index (κ1) is 15.4. The first-order chi connectivity index (χ1) is 10.4. The highest BCUT2D eigenvalue weighted by molar-refractivity contribution is 5.93. The SMILES string of the molecule is COc1ccc(Nc2c(C(=O)O)n(C)c(=O)n(C)c2=O)cc1. The smallest absolute Gasteiger partial charge is 0.355 e. The third-order valence-corrected chi connectivity index (χ3v) is 3.23. The molecule has 2 rings (SSSR count). The van der Waals surface area contributed by atoms with Crippen molar-refractivity contribution < 1.29 is 14.6 Å². The van der Waals surface area contributed by atoms with Crippen LogP contribution in [0.4, 0.5) is 11.4 Å². The molecule has 8 nitrogen and oxygen atoms in total. The van der Waals surface area contributed by atoms with Crippen LogP contribution in [0, 0.1) is 0 Å². The summed E-state index contributed by atoms with van der Waals surface area (Å²) in [5.41, 5.74) is -1.50. The second kappa shape index (κ2) is 5.76. The van der Waals surface area contributed by atoms with Crippen molar-refractivity contribution >= 4 is 17.3 Å². The fourth-order valence-electron chi connectivity index (χ4n) is 2.03. The topological polar surface area (TPSA) is 103 Å². The van der Waals surface area contributed by atoms with Crippen LogP contribution in [0.5, 0.6) is 5.75 Å². The van der Waals surface area contributed by atoms with Crippen molar-refractivity contribution in [2.75, 3.05) is 12.4 Å². The fourth-order valence-corrected chi connectivity index (χ4v) is 2.03. The van der Waals surface area contributed by atoms with E-state index in [2.05, 4.69) is 5.32 Å². The Kier molecular flexibility index (Phi) is 4.02. The quantitative estimate of drug-likeness (QED) is 0.854. The number of hydrogen-bond acceptors (Lipinski definition) is 5. The normalized spacial score (nSPS) is 10.3. The van der Waals surface area contributed by atoms with Crippen molar-refractivity contribution in [3.8, 4) is 5.75 Å². The van der Waals surface area contributed by atoms with Crippen LogP contribution in [0.1, 0.15) is 10.5 Å². The van der Waals surface area contributed by atoms with E-state index in [9.17, 15) is 19.5 Å². The van der Waals surface area contributed by atoms with Crippen molar-refractivity contribution in [3.63, 3.8) is 0 Å². The van der Waals surface area contributed by atoms with Gasteiger partial charge in [-0.05, 0) is 24.3 Å². The fraction of sp³-hybridized carbons (Fsp3) is 0.214. The number of hydrogen-bond donors (Lipinski definition) is 2. The lowest BCUT2D eigenvalue weighted by atomic mass is 10.2. The van der Waals surface area contributed by atoms with Crippen LogP contribution in [0.2, 0.25) is 0 Å². The molecule has 0 aliphatic carbocycles. The zero-order chi connectivity index (χ0) is 16.4. The molecule has 0 aliphatic heterocycles. The minimum absolute atomic E-state index is 0.178. The molecule has 2 N–H and O–H groups in total. The monoisotopic (exact) mass is 305 g/mol. The predicted molar refractivity (Wildman–Crippen MR) is 80.2 cm³/mol. The zero-order valence-corrected chi connectivity index (χ0v) is 12.3. The molecular weight excluding hydrogens is 290 g/mol. The summed E-state index contributed by atoms with van der Waals surface area (Å²) in [6.07, 6.45) is 0. The van der Waals surface area contributed by atoms with Gasteiger partial charge >= 0.3 is 11.7 Å². The minimum atomic E-state index is -1.37. The Bertz CT molecular complexity index is 833. The number of aromatic nitrogens is 2. The van der Waals surface area contributed by atoms with Gasteiger partial charge in [0, 0.05) is 19.8 Å². The maximum Gasteiger partial charge on any atom is 0.355 e. The number of nitrogens with one attached hydrogen (secondary N) is 1. The number of methoxy groups -OCH3 is 1. The molecule has 0 radical (unpaired) electrons. The first-order valence-electron chi connectivity index (χ1n) is 6.31. The van der Waals surface area contributed by atoms with Gasteiger partial charge in [0.2, 0.25) is 0 Å². The van der Waals surface area contributed by atoms with E-state index in [0.717, 1.165) is 9.13 Å². The van der Waals surface area contributed by atoms with Crippen molar-refractivity contribution in [2.45, 2.75) is 0 Å². The summed E-state index contributed by atoms with van der Waals surface area (Å²) >= 11 is 0. The lowest BCUT2D eigenvalue weighted by molar-refractivity contribution is 0.0685. The highest BCUT2D eigenvalue weighted by Crippen LogP contribution is 2.19. The Labute approximate surface area is 125 Å². The van der Waals surface area contributed by atoms with E-state index in [-0.39, 0.29) is 5.69 Å². The standard InChI is InChI=1S/C14H15N3O5/c1-16-11(13(19)20)10(12(18)17(2)14(16)21)15-8-4-6-9(22-3)7-5-8/h4-7,15H,1-3H3,(H,19,20). The average molecular weight is 305 g/mol. The maximum atomic E-state index is 12.2. The van der Waals surface area contributed by atoms with Crippen LogP contribution in [0.3, 0.4) is 0 Å². The highest BCUT2D eigenvalue weighted by Gasteiger charge is 2.21. The lowest BCUT2D eigenvalue weighted by Crippen LogP contribution is -2.41. The Morgan fingerprint density at radius 3 is 2.23 bits per heavy atom. The predicted octanol–water partition coefficient (Wildman–Crippen LogP) is 0.534. The molecule has 0 atom stereocenters. The third kappa shape index (κ3) is 2.58. The molecule has 0 fully saturated rings. The second-order valence-electron chi connectivity index (χ2n) is 4.59. The summed E-state index contributed by atoms with van der Waals surface area (Å²) < 4.78 is 6.78. The molecule has 1 heterocycles. The molecule has 8 heteroatoms. The Balaban J connectivity index is 2.61. The molecule has 0 unspecified atom stereocenters. The summed E-state index contributed by atoms with van der Waals surface area (Å²) in [6.45, 7) is 0. The summed E-state index contributed by atoms with van der Waals surface area (Å²) in [5, 5.41) is 12.0. The van der Waals surface area contributed by atoms with E-state index in [1.54, 1.807) is 24.3 Å². The van der Waals surface area contributed by atoms with E-state index in [4.69, 9.17) is 4.74 Å². The molecule has 1 aromatic heterocycles. The van der Waals surface area contributed by atoms with Gasteiger partial charge in [0.05, 0.1) is 7.11 Å². The minimum Gasteiger partial charge on any atom is -0.497 e. The molecule has 0 saturated heterocycles. The van der Waals surface area contributed by atoms with Gasteiger partial charge in [-0.25, -0.2) is 9.59 Å². The van der Waals surface area contributed by atoms with Crippen LogP contribution < -0.4 is 21.3 Å². The van der Waals surface area contributed by atoms with Crippen molar-refractivity contribution in [1.82, 2.24) is 9.13 Å². The van der Waals surface area contributed by atoms with E-state index >= 15 is 0 Å². The molecular formula is C14H15N3O5. The maximum absolute atomic E-state index is 12.2. The van der Waals surface area contributed by atoms with E-state index in [0.29, 0.717) is 11.4 Å². The number of anilines is 2. The molecule has 22 heavy (non-hydrogen) atoms. The second-order valence-corrected chi connectivity index (χ2v) is 4.59. The number of carboxylic acids is 1. The highest BCUT2D eigenvalue weighted by atomic mass is 16.5. The molecule has 2 aromatic rings. The molecule has 0 spiro atoms. The molecule has 116 valence electrons. The molecule has 0 aliphatic rings. The van der Waals surface area contributed by atoms with Gasteiger partial charge in [-0.1, -0.05) is 0 Å². The third-order valence-electron chi connectivity index (χ3n) is 3.23.